The van der Waals surface area contributed by atoms with Crippen molar-refractivity contribution in [1.29, 1.82) is 0 Å². The summed E-state index contributed by atoms with van der Waals surface area (Å²) in [4.78, 5) is 34.0. The van der Waals surface area contributed by atoms with Crippen LogP contribution < -0.4 is 11.1 Å². The number of carbonyl (C=O) groups is 3. The van der Waals surface area contributed by atoms with Crippen LogP contribution in [0.1, 0.15) is 19.8 Å². The lowest BCUT2D eigenvalue weighted by Gasteiger charge is -2.14. The summed E-state index contributed by atoms with van der Waals surface area (Å²) < 4.78 is 9.24. The summed E-state index contributed by atoms with van der Waals surface area (Å²) in [5, 5.41) is 2.42. The molecular weight excluding hydrogens is 276 g/mol. The first kappa shape index (κ1) is 17.7. The molecule has 0 saturated heterocycles. The minimum absolute atomic E-state index is 0.0529. The maximum atomic E-state index is 11.6. The van der Waals surface area contributed by atoms with Crippen LogP contribution in [0.5, 0.6) is 0 Å². The maximum Gasteiger partial charge on any atom is 0.364 e. The van der Waals surface area contributed by atoms with Crippen molar-refractivity contribution in [3.05, 3.63) is 0 Å². The SMILES string of the molecule is CCOC(=O)C([NH3+])CCC(=O)N[C@@H](CCl)C(=O)OC. The van der Waals surface area contributed by atoms with Crippen LogP contribution in [0.15, 0.2) is 0 Å². The quantitative estimate of drug-likeness (QED) is 0.433. The second-order valence-electron chi connectivity index (χ2n) is 3.79. The normalized spacial score (nSPS) is 13.3. The number of ether oxygens (including phenoxy) is 2. The van der Waals surface area contributed by atoms with Gasteiger partial charge in [0, 0.05) is 12.8 Å². The number of alkyl halides is 1. The Hall–Kier alpha value is -1.34. The van der Waals surface area contributed by atoms with E-state index in [4.69, 9.17) is 16.3 Å². The first-order valence-corrected chi connectivity index (χ1v) is 6.42. The van der Waals surface area contributed by atoms with Crippen molar-refractivity contribution in [2.45, 2.75) is 31.8 Å². The van der Waals surface area contributed by atoms with E-state index in [2.05, 4.69) is 15.8 Å². The topological polar surface area (TPSA) is 109 Å². The van der Waals surface area contributed by atoms with Gasteiger partial charge in [-0.1, -0.05) is 0 Å². The molecule has 0 aromatic rings. The van der Waals surface area contributed by atoms with E-state index in [0.29, 0.717) is 0 Å². The Morgan fingerprint density at radius 1 is 1.32 bits per heavy atom. The fraction of sp³-hybridized carbons (Fsp3) is 0.727. The van der Waals surface area contributed by atoms with E-state index in [-0.39, 0.29) is 25.3 Å². The number of esters is 2. The molecule has 1 unspecified atom stereocenters. The average Bonchev–Trinajstić information content (AvgIpc) is 2.41. The van der Waals surface area contributed by atoms with Crippen LogP contribution >= 0.6 is 11.6 Å². The Kier molecular flexibility index (Phi) is 8.90. The Bertz CT molecular complexity index is 324. The molecule has 19 heavy (non-hydrogen) atoms. The molecule has 1 amide bonds. The predicted molar refractivity (Wildman–Crippen MR) is 67.2 cm³/mol. The Balaban J connectivity index is 4.10. The third kappa shape index (κ3) is 6.97. The lowest BCUT2D eigenvalue weighted by Crippen LogP contribution is -2.65. The summed E-state index contributed by atoms with van der Waals surface area (Å²) in [5.74, 6) is -1.53. The molecule has 2 atom stereocenters. The van der Waals surface area contributed by atoms with Crippen molar-refractivity contribution in [3.63, 3.8) is 0 Å². The lowest BCUT2D eigenvalue weighted by atomic mass is 10.1. The minimum atomic E-state index is -0.884. The van der Waals surface area contributed by atoms with Gasteiger partial charge < -0.3 is 20.5 Å². The van der Waals surface area contributed by atoms with Crippen molar-refractivity contribution in [1.82, 2.24) is 5.32 Å². The van der Waals surface area contributed by atoms with Gasteiger partial charge in [-0.15, -0.1) is 11.6 Å². The standard InChI is InChI=1S/C11H19ClN2O5/c1-3-19-10(16)7(13)4-5-9(15)14-8(6-12)11(17)18-2/h7-8H,3-6,13H2,1-2H3,(H,14,15)/p+1/t7?,8-/m0/s1. The summed E-state index contributed by atoms with van der Waals surface area (Å²) in [6, 6.07) is -1.50. The van der Waals surface area contributed by atoms with Gasteiger partial charge in [-0.25, -0.2) is 9.59 Å². The van der Waals surface area contributed by atoms with Crippen molar-refractivity contribution in [2.24, 2.45) is 0 Å². The highest BCUT2D eigenvalue weighted by molar-refractivity contribution is 6.19. The Morgan fingerprint density at radius 3 is 2.42 bits per heavy atom. The molecule has 8 heteroatoms. The molecule has 4 N–H and O–H groups in total. The maximum absolute atomic E-state index is 11.6. The summed E-state index contributed by atoms with van der Waals surface area (Å²) in [5.41, 5.74) is 3.61. The molecule has 0 aliphatic heterocycles. The molecule has 0 aliphatic rings. The number of rotatable bonds is 8. The number of halogens is 1. The number of amides is 1. The van der Waals surface area contributed by atoms with Gasteiger partial charge >= 0.3 is 11.9 Å². The summed E-state index contributed by atoms with van der Waals surface area (Å²) in [6.07, 6.45) is 0.290. The number of nitrogens with one attached hydrogen (secondary N) is 1. The highest BCUT2D eigenvalue weighted by Crippen LogP contribution is 1.98. The zero-order valence-corrected chi connectivity index (χ0v) is 11.9. The molecule has 0 aromatic carbocycles. The van der Waals surface area contributed by atoms with Gasteiger partial charge in [-0.2, -0.15) is 0 Å². The second-order valence-corrected chi connectivity index (χ2v) is 4.09. The molecule has 0 fully saturated rings. The average molecular weight is 296 g/mol. The van der Waals surface area contributed by atoms with E-state index in [9.17, 15) is 14.4 Å². The zero-order chi connectivity index (χ0) is 14.8. The van der Waals surface area contributed by atoms with Crippen molar-refractivity contribution >= 4 is 29.4 Å². The van der Waals surface area contributed by atoms with E-state index in [1.807, 2.05) is 0 Å². The molecule has 0 heterocycles. The van der Waals surface area contributed by atoms with Crippen molar-refractivity contribution < 1.29 is 29.6 Å². The first-order chi connectivity index (χ1) is 8.96. The van der Waals surface area contributed by atoms with Crippen LogP contribution in [0.4, 0.5) is 0 Å². The van der Waals surface area contributed by atoms with Crippen molar-refractivity contribution in [3.8, 4) is 0 Å². The third-order valence-corrected chi connectivity index (χ3v) is 2.62. The molecule has 110 valence electrons. The van der Waals surface area contributed by atoms with Gasteiger partial charge in [0.05, 0.1) is 19.6 Å². The molecule has 7 nitrogen and oxygen atoms in total. The Morgan fingerprint density at radius 2 is 1.95 bits per heavy atom. The fourth-order valence-corrected chi connectivity index (χ4v) is 1.46. The van der Waals surface area contributed by atoms with Crippen molar-refractivity contribution in [2.75, 3.05) is 19.6 Å². The highest BCUT2D eigenvalue weighted by Gasteiger charge is 2.23. The van der Waals surface area contributed by atoms with Crippen LogP contribution in [0.3, 0.4) is 0 Å². The van der Waals surface area contributed by atoms with Gasteiger partial charge in [-0.3, -0.25) is 4.79 Å². The first-order valence-electron chi connectivity index (χ1n) is 5.89. The molecule has 0 radical (unpaired) electrons. The molecular formula is C11H20ClN2O5+. The van der Waals surface area contributed by atoms with E-state index < -0.39 is 29.9 Å². The molecule has 0 bridgehead atoms. The minimum Gasteiger partial charge on any atom is -0.467 e. The number of hydrogen-bond donors (Lipinski definition) is 2. The number of carbonyl (C=O) groups excluding carboxylic acids is 3. The molecule has 0 spiro atoms. The fourth-order valence-electron chi connectivity index (χ4n) is 1.25. The summed E-state index contributed by atoms with van der Waals surface area (Å²) in [7, 11) is 1.21. The van der Waals surface area contributed by atoms with Crippen LogP contribution in [0.25, 0.3) is 0 Å². The van der Waals surface area contributed by atoms with Crippen LogP contribution in [0, 0.1) is 0 Å². The van der Waals surface area contributed by atoms with E-state index in [1.165, 1.54) is 7.11 Å². The smallest absolute Gasteiger partial charge is 0.364 e. The third-order valence-electron chi connectivity index (χ3n) is 2.32. The van der Waals surface area contributed by atoms with Crippen LogP contribution in [0.2, 0.25) is 0 Å². The predicted octanol–water partition coefficient (Wildman–Crippen LogP) is -1.16. The largest absolute Gasteiger partial charge is 0.467 e. The van der Waals surface area contributed by atoms with Gasteiger partial charge in [0.15, 0.2) is 6.04 Å². The molecule has 0 aliphatic carbocycles. The van der Waals surface area contributed by atoms with E-state index in [0.717, 1.165) is 0 Å². The summed E-state index contributed by atoms with van der Waals surface area (Å²) >= 11 is 5.54. The van der Waals surface area contributed by atoms with Gasteiger partial charge in [0.1, 0.15) is 6.04 Å². The monoisotopic (exact) mass is 295 g/mol. The van der Waals surface area contributed by atoms with Crippen LogP contribution in [-0.2, 0) is 23.9 Å². The van der Waals surface area contributed by atoms with Gasteiger partial charge in [0.25, 0.3) is 0 Å². The Labute approximate surface area is 116 Å². The van der Waals surface area contributed by atoms with Gasteiger partial charge in [0.2, 0.25) is 5.91 Å². The number of hydrogen-bond acceptors (Lipinski definition) is 5. The van der Waals surface area contributed by atoms with Crippen LogP contribution in [-0.4, -0.2) is 49.5 Å². The molecule has 0 saturated carbocycles. The zero-order valence-electron chi connectivity index (χ0n) is 11.1. The lowest BCUT2D eigenvalue weighted by molar-refractivity contribution is -0.409. The summed E-state index contributed by atoms with van der Waals surface area (Å²) in [6.45, 7) is 1.96. The van der Waals surface area contributed by atoms with E-state index in [1.54, 1.807) is 6.92 Å². The highest BCUT2D eigenvalue weighted by atomic mass is 35.5. The molecule has 0 aromatic heterocycles. The molecule has 0 rings (SSSR count). The second kappa shape index (κ2) is 9.57. The van der Waals surface area contributed by atoms with Gasteiger partial charge in [-0.05, 0) is 6.92 Å². The number of quaternary nitrogens is 1. The van der Waals surface area contributed by atoms with E-state index >= 15 is 0 Å². The number of methoxy groups -OCH3 is 1.